The molecule has 0 unspecified atom stereocenters. The Kier molecular flexibility index (Phi) is 5.17. The van der Waals surface area contributed by atoms with Gasteiger partial charge >= 0.3 is 0 Å². The number of nitrogens with zero attached hydrogens (tertiary/aromatic N) is 1. The fourth-order valence-corrected chi connectivity index (χ4v) is 4.43. The third-order valence-corrected chi connectivity index (χ3v) is 6.14. The van der Waals surface area contributed by atoms with Crippen LogP contribution in [0, 0.1) is 6.92 Å². The van der Waals surface area contributed by atoms with Crippen molar-refractivity contribution >= 4 is 44.0 Å². The maximum absolute atomic E-state index is 12.3. The summed E-state index contributed by atoms with van der Waals surface area (Å²) in [4.78, 5) is 15.0. The van der Waals surface area contributed by atoms with Crippen molar-refractivity contribution in [2.75, 3.05) is 5.32 Å². The molecule has 2 aromatic rings. The van der Waals surface area contributed by atoms with E-state index in [-0.39, 0.29) is 21.8 Å². The lowest BCUT2D eigenvalue weighted by atomic mass is 10.2. The fraction of sp³-hybridized carbons (Fsp3) is 0.231. The number of sulfonamides is 1. The normalized spacial score (nSPS) is 11.4. The molecular weight excluding hydrogens is 346 g/mol. The second kappa shape index (κ2) is 6.74. The van der Waals surface area contributed by atoms with Gasteiger partial charge in [-0.15, -0.1) is 0 Å². The van der Waals surface area contributed by atoms with Crippen molar-refractivity contribution < 1.29 is 13.2 Å². The van der Waals surface area contributed by atoms with Crippen LogP contribution in [0.2, 0.25) is 5.02 Å². The molecule has 1 amide bonds. The van der Waals surface area contributed by atoms with Crippen LogP contribution in [-0.4, -0.2) is 19.3 Å². The molecule has 0 aliphatic rings. The van der Waals surface area contributed by atoms with Crippen molar-refractivity contribution in [1.82, 2.24) is 9.71 Å². The van der Waals surface area contributed by atoms with E-state index in [1.807, 2.05) is 0 Å². The zero-order valence-corrected chi connectivity index (χ0v) is 14.3. The molecule has 0 saturated carbocycles. The number of anilines is 1. The Balaban J connectivity index is 2.18. The van der Waals surface area contributed by atoms with Crippen LogP contribution in [0.25, 0.3) is 0 Å². The van der Waals surface area contributed by atoms with Gasteiger partial charge in [0.05, 0.1) is 5.69 Å². The minimum absolute atomic E-state index is 0.0725. The molecule has 0 aliphatic carbocycles. The van der Waals surface area contributed by atoms with Gasteiger partial charge in [0.2, 0.25) is 5.91 Å². The summed E-state index contributed by atoms with van der Waals surface area (Å²) in [6.45, 7) is 2.99. The van der Waals surface area contributed by atoms with Gasteiger partial charge in [0.25, 0.3) is 10.0 Å². The van der Waals surface area contributed by atoms with Crippen LogP contribution in [0.5, 0.6) is 0 Å². The van der Waals surface area contributed by atoms with Gasteiger partial charge < -0.3 is 5.32 Å². The Morgan fingerprint density at radius 1 is 1.36 bits per heavy atom. The number of rotatable bonds is 5. The molecular formula is C13H14ClN3O3S2. The van der Waals surface area contributed by atoms with E-state index < -0.39 is 10.0 Å². The van der Waals surface area contributed by atoms with Crippen molar-refractivity contribution in [3.8, 4) is 0 Å². The SMILES string of the molecule is CC(=O)Nc1nc(C)c(S(=O)(=O)NCc2ccccc2Cl)s1. The summed E-state index contributed by atoms with van der Waals surface area (Å²) in [6.07, 6.45) is 0. The Labute approximate surface area is 137 Å². The van der Waals surface area contributed by atoms with Gasteiger partial charge in [-0.1, -0.05) is 41.1 Å². The molecule has 0 spiro atoms. The molecule has 0 fully saturated rings. The monoisotopic (exact) mass is 359 g/mol. The quantitative estimate of drug-likeness (QED) is 0.858. The molecule has 0 bridgehead atoms. The van der Waals surface area contributed by atoms with Gasteiger partial charge in [-0.3, -0.25) is 4.79 Å². The molecule has 0 radical (unpaired) electrons. The summed E-state index contributed by atoms with van der Waals surface area (Å²) >= 11 is 6.91. The van der Waals surface area contributed by atoms with Gasteiger partial charge in [-0.2, -0.15) is 0 Å². The van der Waals surface area contributed by atoms with Crippen LogP contribution in [0.15, 0.2) is 28.5 Å². The minimum Gasteiger partial charge on any atom is -0.302 e. The molecule has 2 rings (SSSR count). The molecule has 0 saturated heterocycles. The van der Waals surface area contributed by atoms with Crippen LogP contribution < -0.4 is 10.0 Å². The number of thiazole rings is 1. The molecule has 1 aromatic heterocycles. The molecule has 2 N–H and O–H groups in total. The van der Waals surface area contributed by atoms with Crippen LogP contribution in [-0.2, 0) is 21.4 Å². The number of halogens is 1. The van der Waals surface area contributed by atoms with Gasteiger partial charge in [0, 0.05) is 18.5 Å². The first kappa shape index (κ1) is 16.9. The predicted molar refractivity (Wildman–Crippen MR) is 86.6 cm³/mol. The van der Waals surface area contributed by atoms with E-state index in [2.05, 4.69) is 15.0 Å². The van der Waals surface area contributed by atoms with E-state index in [1.165, 1.54) is 6.92 Å². The number of hydrogen-bond donors (Lipinski definition) is 2. The lowest BCUT2D eigenvalue weighted by molar-refractivity contribution is -0.114. The molecule has 9 heteroatoms. The molecule has 1 heterocycles. The van der Waals surface area contributed by atoms with Gasteiger partial charge in [-0.25, -0.2) is 18.1 Å². The Morgan fingerprint density at radius 2 is 2.05 bits per heavy atom. The van der Waals surface area contributed by atoms with Crippen LogP contribution in [0.4, 0.5) is 5.13 Å². The molecule has 0 atom stereocenters. The molecule has 6 nitrogen and oxygen atoms in total. The molecule has 118 valence electrons. The number of carbonyl (C=O) groups excluding carboxylic acids is 1. The van der Waals surface area contributed by atoms with E-state index in [4.69, 9.17) is 11.6 Å². The summed E-state index contributed by atoms with van der Waals surface area (Å²) in [5.41, 5.74) is 1.01. The fourth-order valence-electron chi connectivity index (χ4n) is 1.72. The van der Waals surface area contributed by atoms with Crippen molar-refractivity contribution in [3.05, 3.63) is 40.5 Å². The molecule has 22 heavy (non-hydrogen) atoms. The smallest absolute Gasteiger partial charge is 0.252 e. The highest BCUT2D eigenvalue weighted by molar-refractivity contribution is 7.91. The van der Waals surface area contributed by atoms with Crippen molar-refractivity contribution in [1.29, 1.82) is 0 Å². The van der Waals surface area contributed by atoms with Crippen LogP contribution in [0.3, 0.4) is 0 Å². The Hall–Kier alpha value is -1.48. The summed E-state index contributed by atoms with van der Waals surface area (Å²) in [6, 6.07) is 6.99. The summed E-state index contributed by atoms with van der Waals surface area (Å²) in [5, 5.41) is 3.22. The van der Waals surface area contributed by atoms with Gasteiger partial charge in [0.15, 0.2) is 9.34 Å². The number of aromatic nitrogens is 1. The summed E-state index contributed by atoms with van der Waals surface area (Å²) in [5.74, 6) is -0.304. The lowest BCUT2D eigenvalue weighted by Crippen LogP contribution is -2.23. The number of benzene rings is 1. The number of carbonyl (C=O) groups is 1. The van der Waals surface area contributed by atoms with E-state index in [0.717, 1.165) is 11.3 Å². The first-order valence-electron chi connectivity index (χ1n) is 6.27. The van der Waals surface area contributed by atoms with Crippen molar-refractivity contribution in [2.45, 2.75) is 24.6 Å². The second-order valence-electron chi connectivity index (χ2n) is 4.49. The molecule has 1 aromatic carbocycles. The lowest BCUT2D eigenvalue weighted by Gasteiger charge is -2.06. The number of nitrogens with one attached hydrogen (secondary N) is 2. The number of hydrogen-bond acceptors (Lipinski definition) is 5. The minimum atomic E-state index is -3.72. The predicted octanol–water partition coefficient (Wildman–Crippen LogP) is 2.54. The van der Waals surface area contributed by atoms with Gasteiger partial charge in [0.1, 0.15) is 0 Å². The maximum Gasteiger partial charge on any atom is 0.252 e. The highest BCUT2D eigenvalue weighted by Gasteiger charge is 2.22. The highest BCUT2D eigenvalue weighted by Crippen LogP contribution is 2.27. The third-order valence-electron chi connectivity index (χ3n) is 2.69. The zero-order valence-electron chi connectivity index (χ0n) is 11.9. The molecule has 0 aliphatic heterocycles. The average molecular weight is 360 g/mol. The summed E-state index contributed by atoms with van der Waals surface area (Å²) < 4.78 is 27.2. The standard InChI is InChI=1S/C13H14ClN3O3S2/c1-8-12(21-13(16-8)17-9(2)18)22(19,20)15-7-10-5-3-4-6-11(10)14/h3-6,15H,7H2,1-2H3,(H,16,17,18). The average Bonchev–Trinajstić information content (AvgIpc) is 2.78. The van der Waals surface area contributed by atoms with Crippen molar-refractivity contribution in [3.63, 3.8) is 0 Å². The van der Waals surface area contributed by atoms with Crippen LogP contribution >= 0.6 is 22.9 Å². The topological polar surface area (TPSA) is 88.2 Å². The van der Waals surface area contributed by atoms with E-state index in [9.17, 15) is 13.2 Å². The zero-order chi connectivity index (χ0) is 16.3. The van der Waals surface area contributed by atoms with Gasteiger partial charge in [-0.05, 0) is 18.6 Å². The van der Waals surface area contributed by atoms with E-state index >= 15 is 0 Å². The second-order valence-corrected chi connectivity index (χ2v) is 7.86. The maximum atomic E-state index is 12.3. The first-order valence-corrected chi connectivity index (χ1v) is 8.95. The van der Waals surface area contributed by atoms with Crippen LogP contribution in [0.1, 0.15) is 18.2 Å². The summed E-state index contributed by atoms with van der Waals surface area (Å²) in [7, 11) is -3.72. The van der Waals surface area contributed by atoms with E-state index in [0.29, 0.717) is 16.3 Å². The number of amides is 1. The van der Waals surface area contributed by atoms with Crippen molar-refractivity contribution in [2.24, 2.45) is 0 Å². The Morgan fingerprint density at radius 3 is 2.68 bits per heavy atom. The Bertz CT molecular complexity index is 803. The first-order chi connectivity index (χ1) is 10.3. The largest absolute Gasteiger partial charge is 0.302 e. The number of aryl methyl sites for hydroxylation is 1. The van der Waals surface area contributed by atoms with E-state index in [1.54, 1.807) is 31.2 Å². The highest BCUT2D eigenvalue weighted by atomic mass is 35.5. The third kappa shape index (κ3) is 4.04.